The largest absolute Gasteiger partial charge is 0.469 e. The third kappa shape index (κ3) is 3.53. The topological polar surface area (TPSA) is 79.3 Å². The molecule has 7 nitrogen and oxygen atoms in total. The molecule has 4 aliphatic rings. The Morgan fingerprint density at radius 3 is 2.76 bits per heavy atom. The number of hydrogen-bond donors (Lipinski definition) is 1. The van der Waals surface area contributed by atoms with Gasteiger partial charge >= 0.3 is 5.97 Å². The number of ether oxygens (including phenoxy) is 2. The zero-order valence-electron chi connectivity index (χ0n) is 17.3. The van der Waals surface area contributed by atoms with E-state index in [9.17, 15) is 14.7 Å². The van der Waals surface area contributed by atoms with Crippen LogP contribution in [0, 0.1) is 17.8 Å². The fourth-order valence-corrected chi connectivity index (χ4v) is 5.88. The Bertz CT molecular complexity index is 699. The van der Waals surface area contributed by atoms with Gasteiger partial charge in [-0.3, -0.25) is 14.5 Å². The van der Waals surface area contributed by atoms with Gasteiger partial charge in [-0.2, -0.15) is 0 Å². The molecule has 0 aromatic heterocycles. The minimum atomic E-state index is -0.408. The molecule has 1 N–H and O–H groups in total. The second-order valence-electron chi connectivity index (χ2n) is 8.63. The van der Waals surface area contributed by atoms with Crippen LogP contribution in [0.2, 0.25) is 0 Å². The second kappa shape index (κ2) is 8.58. The predicted octanol–water partition coefficient (Wildman–Crippen LogP) is 0.980. The minimum absolute atomic E-state index is 0.0258. The normalized spacial score (nSPS) is 35.7. The van der Waals surface area contributed by atoms with E-state index in [0.29, 0.717) is 12.5 Å². The van der Waals surface area contributed by atoms with Crippen LogP contribution in [0.3, 0.4) is 0 Å². The monoisotopic (exact) mass is 404 g/mol. The van der Waals surface area contributed by atoms with Crippen LogP contribution < -0.4 is 0 Å². The van der Waals surface area contributed by atoms with Crippen molar-refractivity contribution in [3.63, 3.8) is 0 Å². The van der Waals surface area contributed by atoms with E-state index in [2.05, 4.69) is 4.90 Å². The van der Waals surface area contributed by atoms with Crippen LogP contribution in [0.5, 0.6) is 0 Å². The van der Waals surface area contributed by atoms with Gasteiger partial charge in [0.15, 0.2) is 0 Å². The van der Waals surface area contributed by atoms with E-state index in [1.54, 1.807) is 0 Å². The van der Waals surface area contributed by atoms with Gasteiger partial charge in [0, 0.05) is 56.5 Å². The second-order valence-corrected chi connectivity index (χ2v) is 8.63. The van der Waals surface area contributed by atoms with Gasteiger partial charge in [-0.25, -0.2) is 0 Å². The number of esters is 1. The molecule has 4 rings (SSSR count). The Labute approximate surface area is 172 Å². The van der Waals surface area contributed by atoms with E-state index in [-0.39, 0.29) is 42.5 Å². The van der Waals surface area contributed by atoms with Gasteiger partial charge in [0.1, 0.15) is 0 Å². The number of nitrogens with zero attached hydrogens (tertiary/aromatic N) is 2. The molecule has 4 heterocycles. The third-order valence-electron chi connectivity index (χ3n) is 7.24. The molecule has 0 aromatic rings. The first kappa shape index (κ1) is 20.6. The summed E-state index contributed by atoms with van der Waals surface area (Å²) in [6.07, 6.45) is 8.49. The van der Waals surface area contributed by atoms with Crippen molar-refractivity contribution in [2.24, 2.45) is 17.8 Å². The summed E-state index contributed by atoms with van der Waals surface area (Å²) >= 11 is 0. The molecule has 160 valence electrons. The molecular formula is C22H32N2O5. The number of fused-ring (bicyclic) bond motifs is 4. The van der Waals surface area contributed by atoms with Crippen molar-refractivity contribution in [1.82, 2.24) is 9.80 Å². The first-order chi connectivity index (χ1) is 14.1. The highest BCUT2D eigenvalue weighted by molar-refractivity contribution is 5.97. The average molecular weight is 405 g/mol. The first-order valence-corrected chi connectivity index (χ1v) is 10.8. The molecule has 2 bridgehead atoms. The van der Waals surface area contributed by atoms with E-state index in [4.69, 9.17) is 9.47 Å². The lowest BCUT2D eigenvalue weighted by Gasteiger charge is -2.50. The summed E-state index contributed by atoms with van der Waals surface area (Å²) in [5, 5.41) is 10.2. The van der Waals surface area contributed by atoms with Crippen molar-refractivity contribution in [2.75, 3.05) is 40.0 Å². The molecule has 5 atom stereocenters. The summed E-state index contributed by atoms with van der Waals surface area (Å²) in [7, 11) is 1.41. The molecule has 0 radical (unpaired) electrons. The van der Waals surface area contributed by atoms with Gasteiger partial charge in [0.05, 0.1) is 19.1 Å². The number of amides is 1. The molecule has 0 aliphatic carbocycles. The minimum Gasteiger partial charge on any atom is -0.469 e. The van der Waals surface area contributed by atoms with Gasteiger partial charge in [-0.15, -0.1) is 0 Å². The Hall–Kier alpha value is -1.70. The quantitative estimate of drug-likeness (QED) is 0.689. The Morgan fingerprint density at radius 2 is 2.10 bits per heavy atom. The molecule has 1 amide bonds. The zero-order chi connectivity index (χ0) is 20.5. The van der Waals surface area contributed by atoms with Crippen molar-refractivity contribution < 1.29 is 24.2 Å². The standard InChI is InChI=1S/C22H32N2O5/c1-3-4-15-5-6-17-20-19(22(27)28-2)16(13-25)18(12-24(17)21(15)26)23(20)11-14-7-9-29-10-8-14/h3-5,14,16-20,25H,6-13H2,1-2H3/b4-3+/t16-,17?,18-,19+,20+/m0/s1. The SMILES string of the molecule is C/C=C/C1=CCC2[C@@H]3[C@H](C(=O)OC)[C@@H](CO)[C@H](CN2C1=O)N3CC1CCOCC1. The van der Waals surface area contributed by atoms with Crippen LogP contribution in [-0.4, -0.2) is 84.9 Å². The molecule has 29 heavy (non-hydrogen) atoms. The van der Waals surface area contributed by atoms with E-state index < -0.39 is 5.92 Å². The lowest BCUT2D eigenvalue weighted by molar-refractivity contribution is -0.150. The van der Waals surface area contributed by atoms with Crippen LogP contribution in [0.25, 0.3) is 0 Å². The number of aliphatic hydroxyl groups excluding tert-OH is 1. The Balaban J connectivity index is 1.67. The highest BCUT2D eigenvalue weighted by atomic mass is 16.5. The number of rotatable bonds is 5. The van der Waals surface area contributed by atoms with Gasteiger partial charge in [0.2, 0.25) is 0 Å². The molecule has 0 saturated carbocycles. The number of hydrogen-bond acceptors (Lipinski definition) is 6. The highest BCUT2D eigenvalue weighted by Crippen LogP contribution is 2.46. The lowest BCUT2D eigenvalue weighted by Crippen LogP contribution is -2.64. The van der Waals surface area contributed by atoms with Crippen molar-refractivity contribution >= 4 is 11.9 Å². The first-order valence-electron chi connectivity index (χ1n) is 10.8. The zero-order valence-corrected chi connectivity index (χ0v) is 17.3. The summed E-state index contributed by atoms with van der Waals surface area (Å²) in [5.74, 6) is -0.344. The summed E-state index contributed by atoms with van der Waals surface area (Å²) in [6, 6.07) is -0.205. The van der Waals surface area contributed by atoms with Gasteiger partial charge in [-0.05, 0) is 32.1 Å². The van der Waals surface area contributed by atoms with Crippen LogP contribution in [0.15, 0.2) is 23.8 Å². The molecule has 3 saturated heterocycles. The lowest BCUT2D eigenvalue weighted by atomic mass is 9.84. The van der Waals surface area contributed by atoms with Crippen LogP contribution in [0.1, 0.15) is 26.2 Å². The maximum absolute atomic E-state index is 13.1. The fraction of sp³-hybridized carbons (Fsp3) is 0.727. The molecule has 7 heteroatoms. The Morgan fingerprint density at radius 1 is 1.34 bits per heavy atom. The maximum Gasteiger partial charge on any atom is 0.310 e. The molecule has 3 fully saturated rings. The van der Waals surface area contributed by atoms with Gasteiger partial charge < -0.3 is 19.5 Å². The highest BCUT2D eigenvalue weighted by Gasteiger charge is 2.60. The predicted molar refractivity (Wildman–Crippen MR) is 107 cm³/mol. The maximum atomic E-state index is 13.1. The average Bonchev–Trinajstić information content (AvgIpc) is 2.95. The number of piperazine rings is 1. The number of methoxy groups -OCH3 is 1. The van der Waals surface area contributed by atoms with Crippen LogP contribution >= 0.6 is 0 Å². The smallest absolute Gasteiger partial charge is 0.310 e. The van der Waals surface area contributed by atoms with Crippen LogP contribution in [-0.2, 0) is 19.1 Å². The fourth-order valence-electron chi connectivity index (χ4n) is 5.88. The van der Waals surface area contributed by atoms with E-state index in [1.807, 2.05) is 30.1 Å². The van der Waals surface area contributed by atoms with Crippen molar-refractivity contribution in [1.29, 1.82) is 0 Å². The molecule has 4 aliphatic heterocycles. The number of allylic oxidation sites excluding steroid dienone is 1. The van der Waals surface area contributed by atoms with Gasteiger partial charge in [-0.1, -0.05) is 18.2 Å². The number of carbonyl (C=O) groups is 2. The molecule has 1 unspecified atom stereocenters. The molecule has 0 aromatic carbocycles. The van der Waals surface area contributed by atoms with Crippen LogP contribution in [0.4, 0.5) is 0 Å². The van der Waals surface area contributed by atoms with E-state index in [1.165, 1.54) is 7.11 Å². The number of aliphatic hydroxyl groups is 1. The third-order valence-corrected chi connectivity index (χ3v) is 7.24. The number of carbonyl (C=O) groups excluding carboxylic acids is 2. The molecular weight excluding hydrogens is 372 g/mol. The van der Waals surface area contributed by atoms with Crippen molar-refractivity contribution in [3.05, 3.63) is 23.8 Å². The van der Waals surface area contributed by atoms with E-state index in [0.717, 1.165) is 44.6 Å². The summed E-state index contributed by atoms with van der Waals surface area (Å²) in [6.45, 7) is 4.83. The summed E-state index contributed by atoms with van der Waals surface area (Å²) in [4.78, 5) is 30.2. The molecule has 0 spiro atoms. The van der Waals surface area contributed by atoms with Crippen molar-refractivity contribution in [3.8, 4) is 0 Å². The van der Waals surface area contributed by atoms with Crippen molar-refractivity contribution in [2.45, 2.75) is 44.3 Å². The summed E-state index contributed by atoms with van der Waals surface area (Å²) < 4.78 is 10.7. The van der Waals surface area contributed by atoms with E-state index >= 15 is 0 Å². The van der Waals surface area contributed by atoms with Gasteiger partial charge in [0.25, 0.3) is 5.91 Å². The summed E-state index contributed by atoms with van der Waals surface area (Å²) in [5.41, 5.74) is 0.719. The Kier molecular flexibility index (Phi) is 6.08.